The van der Waals surface area contributed by atoms with Crippen molar-refractivity contribution in [3.8, 4) is 22.1 Å². The third-order valence-corrected chi connectivity index (χ3v) is 4.04. The van der Waals surface area contributed by atoms with E-state index < -0.39 is 0 Å². The molecule has 0 radical (unpaired) electrons. The second kappa shape index (κ2) is 4.54. The van der Waals surface area contributed by atoms with E-state index in [0.717, 1.165) is 16.3 Å². The van der Waals surface area contributed by atoms with Crippen LogP contribution in [0, 0.1) is 0 Å². The predicted octanol–water partition coefficient (Wildman–Crippen LogP) is 3.75. The zero-order chi connectivity index (χ0) is 13.4. The van der Waals surface area contributed by atoms with Crippen molar-refractivity contribution < 1.29 is 0 Å². The molecule has 2 aromatic heterocycles. The van der Waals surface area contributed by atoms with Crippen LogP contribution in [0.5, 0.6) is 0 Å². The van der Waals surface area contributed by atoms with Gasteiger partial charge in [0.05, 0.1) is 5.69 Å². The highest BCUT2D eigenvalue weighted by Gasteiger charge is 2.10. The van der Waals surface area contributed by atoms with Gasteiger partial charge in [0.25, 0.3) is 0 Å². The van der Waals surface area contributed by atoms with E-state index in [4.69, 9.17) is 0 Å². The molecule has 0 aliphatic carbocycles. The van der Waals surface area contributed by atoms with Crippen molar-refractivity contribution in [3.63, 3.8) is 0 Å². The van der Waals surface area contributed by atoms with E-state index in [-0.39, 0.29) is 0 Å². The fraction of sp³-hybridized carbons (Fsp3) is 0. The molecule has 20 heavy (non-hydrogen) atoms. The summed E-state index contributed by atoms with van der Waals surface area (Å²) < 4.78 is 0. The van der Waals surface area contributed by atoms with Crippen LogP contribution >= 0.6 is 11.3 Å². The van der Waals surface area contributed by atoms with E-state index in [1.807, 2.05) is 6.07 Å². The lowest BCUT2D eigenvalue weighted by Crippen LogP contribution is -1.83. The van der Waals surface area contributed by atoms with Crippen molar-refractivity contribution in [2.24, 2.45) is 0 Å². The molecule has 2 heterocycles. The Kier molecular flexibility index (Phi) is 2.57. The molecule has 4 rings (SSSR count). The zero-order valence-electron chi connectivity index (χ0n) is 10.4. The first-order chi connectivity index (χ1) is 9.92. The second-order valence-corrected chi connectivity index (χ2v) is 5.26. The average molecular weight is 278 g/mol. The molecule has 0 saturated heterocycles. The molecule has 0 unspecified atom stereocenters. The normalized spacial score (nSPS) is 11.0. The highest BCUT2D eigenvalue weighted by molar-refractivity contribution is 7.13. The summed E-state index contributed by atoms with van der Waals surface area (Å²) >= 11 is 1.57. The summed E-state index contributed by atoms with van der Waals surface area (Å²) in [6.45, 7) is 0. The van der Waals surface area contributed by atoms with Crippen molar-refractivity contribution in [1.82, 2.24) is 20.2 Å². The van der Waals surface area contributed by atoms with Gasteiger partial charge in [0, 0.05) is 10.9 Å². The summed E-state index contributed by atoms with van der Waals surface area (Å²) in [4.78, 5) is 8.79. The van der Waals surface area contributed by atoms with Gasteiger partial charge in [-0.05, 0) is 10.8 Å². The van der Waals surface area contributed by atoms with Gasteiger partial charge >= 0.3 is 0 Å². The lowest BCUT2D eigenvalue weighted by Gasteiger charge is -2.03. The van der Waals surface area contributed by atoms with Gasteiger partial charge in [-0.15, -0.1) is 11.3 Å². The first-order valence-corrected chi connectivity index (χ1v) is 7.09. The SMILES string of the molecule is c1ccc2c(-c3csc(-c4ncn[nH]4)n3)cccc2c1. The fourth-order valence-electron chi connectivity index (χ4n) is 2.26. The molecule has 4 nitrogen and oxygen atoms in total. The van der Waals surface area contributed by atoms with Crippen molar-refractivity contribution >= 4 is 22.1 Å². The Hall–Kier alpha value is -2.53. The molecule has 4 aromatic rings. The molecule has 0 bridgehead atoms. The quantitative estimate of drug-likeness (QED) is 0.607. The van der Waals surface area contributed by atoms with Crippen LogP contribution < -0.4 is 0 Å². The molecular weight excluding hydrogens is 268 g/mol. The van der Waals surface area contributed by atoms with E-state index in [1.54, 1.807) is 11.3 Å². The summed E-state index contributed by atoms with van der Waals surface area (Å²) in [5.74, 6) is 0.710. The maximum Gasteiger partial charge on any atom is 0.184 e. The van der Waals surface area contributed by atoms with E-state index >= 15 is 0 Å². The van der Waals surface area contributed by atoms with Crippen molar-refractivity contribution in [3.05, 3.63) is 54.2 Å². The number of H-pyrrole nitrogens is 1. The number of nitrogens with one attached hydrogen (secondary N) is 1. The van der Waals surface area contributed by atoms with Crippen LogP contribution in [0.15, 0.2) is 54.2 Å². The predicted molar refractivity (Wildman–Crippen MR) is 80.4 cm³/mol. The number of fused-ring (bicyclic) bond motifs is 1. The summed E-state index contributed by atoms with van der Waals surface area (Å²) in [7, 11) is 0. The fourth-order valence-corrected chi connectivity index (χ4v) is 3.03. The van der Waals surface area contributed by atoms with Crippen LogP contribution in [0.2, 0.25) is 0 Å². The van der Waals surface area contributed by atoms with Gasteiger partial charge in [0.2, 0.25) is 0 Å². The van der Waals surface area contributed by atoms with Gasteiger partial charge < -0.3 is 0 Å². The van der Waals surface area contributed by atoms with Gasteiger partial charge in [-0.2, -0.15) is 5.10 Å². The van der Waals surface area contributed by atoms with Gasteiger partial charge in [0.1, 0.15) is 6.33 Å². The van der Waals surface area contributed by atoms with Crippen LogP contribution in [0.3, 0.4) is 0 Å². The van der Waals surface area contributed by atoms with Crippen molar-refractivity contribution in [1.29, 1.82) is 0 Å². The minimum Gasteiger partial charge on any atom is -0.257 e. The van der Waals surface area contributed by atoms with Gasteiger partial charge in [-0.3, -0.25) is 5.10 Å². The van der Waals surface area contributed by atoms with Crippen LogP contribution in [-0.2, 0) is 0 Å². The lowest BCUT2D eigenvalue weighted by molar-refractivity contribution is 1.09. The summed E-state index contributed by atoms with van der Waals surface area (Å²) in [6, 6.07) is 14.6. The maximum absolute atomic E-state index is 4.66. The molecule has 0 spiro atoms. The number of aromatic amines is 1. The smallest absolute Gasteiger partial charge is 0.184 e. The average Bonchev–Trinajstić information content (AvgIpc) is 3.17. The molecule has 0 saturated carbocycles. The molecule has 5 heteroatoms. The minimum absolute atomic E-state index is 0.710. The third kappa shape index (κ3) is 1.80. The van der Waals surface area contributed by atoms with E-state index in [9.17, 15) is 0 Å². The van der Waals surface area contributed by atoms with Crippen LogP contribution in [0.25, 0.3) is 32.9 Å². The Balaban J connectivity index is 1.88. The first-order valence-electron chi connectivity index (χ1n) is 6.21. The number of thiazole rings is 1. The Bertz CT molecular complexity index is 859. The molecule has 0 aliphatic heterocycles. The molecule has 0 aliphatic rings. The standard InChI is InChI=1S/C15H10N4S/c1-2-6-11-10(4-1)5-3-7-12(11)13-8-20-15(18-13)14-16-9-17-19-14/h1-9H,(H,16,17,19). The lowest BCUT2D eigenvalue weighted by atomic mass is 10.0. The van der Waals surface area contributed by atoms with Gasteiger partial charge in [0.15, 0.2) is 10.8 Å². The van der Waals surface area contributed by atoms with E-state index in [1.165, 1.54) is 17.1 Å². The summed E-state index contributed by atoms with van der Waals surface area (Å²) in [5, 5.41) is 12.0. The third-order valence-electron chi connectivity index (χ3n) is 3.19. The molecule has 0 fully saturated rings. The number of rotatable bonds is 2. The van der Waals surface area contributed by atoms with E-state index in [2.05, 4.69) is 61.9 Å². The van der Waals surface area contributed by atoms with Crippen LogP contribution in [-0.4, -0.2) is 20.2 Å². The van der Waals surface area contributed by atoms with Gasteiger partial charge in [-0.1, -0.05) is 42.5 Å². The Labute approximate surface area is 119 Å². The first kappa shape index (κ1) is 11.3. The topological polar surface area (TPSA) is 54.5 Å². The Morgan fingerprint density at radius 2 is 1.90 bits per heavy atom. The Morgan fingerprint density at radius 3 is 2.80 bits per heavy atom. The van der Waals surface area contributed by atoms with Crippen molar-refractivity contribution in [2.45, 2.75) is 0 Å². The van der Waals surface area contributed by atoms with Crippen LogP contribution in [0.1, 0.15) is 0 Å². The molecular formula is C15H10N4S. The van der Waals surface area contributed by atoms with Crippen LogP contribution in [0.4, 0.5) is 0 Å². The maximum atomic E-state index is 4.66. The molecule has 0 atom stereocenters. The number of benzene rings is 2. The number of nitrogens with zero attached hydrogens (tertiary/aromatic N) is 3. The molecule has 2 aromatic carbocycles. The summed E-state index contributed by atoms with van der Waals surface area (Å²) in [6.07, 6.45) is 1.49. The molecule has 0 amide bonds. The molecule has 1 N–H and O–H groups in total. The second-order valence-electron chi connectivity index (χ2n) is 4.40. The van der Waals surface area contributed by atoms with E-state index in [0.29, 0.717) is 5.82 Å². The minimum atomic E-state index is 0.710. The highest BCUT2D eigenvalue weighted by Crippen LogP contribution is 2.31. The van der Waals surface area contributed by atoms with Crippen molar-refractivity contribution in [2.75, 3.05) is 0 Å². The number of hydrogen-bond donors (Lipinski definition) is 1. The monoisotopic (exact) mass is 278 g/mol. The number of hydrogen-bond acceptors (Lipinski definition) is 4. The Morgan fingerprint density at radius 1 is 1.00 bits per heavy atom. The summed E-state index contributed by atoms with van der Waals surface area (Å²) in [5.41, 5.74) is 2.11. The number of aromatic nitrogens is 4. The zero-order valence-corrected chi connectivity index (χ0v) is 11.3. The molecule has 96 valence electrons. The largest absolute Gasteiger partial charge is 0.257 e. The van der Waals surface area contributed by atoms with Gasteiger partial charge in [-0.25, -0.2) is 9.97 Å². The highest BCUT2D eigenvalue weighted by atomic mass is 32.1.